The van der Waals surface area contributed by atoms with Crippen LogP contribution in [0.15, 0.2) is 0 Å². The zero-order valence-corrected chi connectivity index (χ0v) is 12.2. The quantitative estimate of drug-likeness (QED) is 0.737. The van der Waals surface area contributed by atoms with Crippen LogP contribution < -0.4 is 5.32 Å². The van der Waals surface area contributed by atoms with Crippen LogP contribution in [0.5, 0.6) is 0 Å². The van der Waals surface area contributed by atoms with Crippen molar-refractivity contribution in [2.75, 3.05) is 26.3 Å². The maximum absolute atomic E-state index is 5.44. The topological polar surface area (TPSA) is 21.3 Å². The number of rotatable bonds is 7. The summed E-state index contributed by atoms with van der Waals surface area (Å²) >= 11 is 0. The molecule has 1 N–H and O–H groups in total. The van der Waals surface area contributed by atoms with E-state index in [9.17, 15) is 0 Å². The molecule has 0 saturated carbocycles. The summed E-state index contributed by atoms with van der Waals surface area (Å²) < 4.78 is 5.44. The molecule has 1 unspecified atom stereocenters. The van der Waals surface area contributed by atoms with Crippen molar-refractivity contribution in [1.29, 1.82) is 0 Å². The first kappa shape index (κ1) is 15.0. The lowest BCUT2D eigenvalue weighted by Crippen LogP contribution is -2.36. The molecule has 0 amide bonds. The van der Waals surface area contributed by atoms with Gasteiger partial charge in [-0.05, 0) is 49.5 Å². The highest BCUT2D eigenvalue weighted by Crippen LogP contribution is 2.33. The van der Waals surface area contributed by atoms with E-state index in [0.29, 0.717) is 5.41 Å². The van der Waals surface area contributed by atoms with Gasteiger partial charge in [0.1, 0.15) is 0 Å². The lowest BCUT2D eigenvalue weighted by molar-refractivity contribution is 0.0481. The molecule has 0 aromatic heterocycles. The summed E-state index contributed by atoms with van der Waals surface area (Å²) in [6.45, 7) is 13.6. The van der Waals surface area contributed by atoms with Crippen LogP contribution in [0.2, 0.25) is 0 Å². The molecule has 1 fully saturated rings. The minimum atomic E-state index is 0.469. The molecule has 0 radical (unpaired) electrons. The van der Waals surface area contributed by atoms with Crippen molar-refractivity contribution in [2.45, 2.75) is 53.4 Å². The van der Waals surface area contributed by atoms with Gasteiger partial charge in [0.25, 0.3) is 0 Å². The summed E-state index contributed by atoms with van der Waals surface area (Å²) in [7, 11) is 0. The van der Waals surface area contributed by atoms with Crippen molar-refractivity contribution in [3.63, 3.8) is 0 Å². The second kappa shape index (κ2) is 7.38. The second-order valence-electron chi connectivity index (χ2n) is 6.45. The molecule has 1 aliphatic heterocycles. The number of hydrogen-bond donors (Lipinski definition) is 1. The van der Waals surface area contributed by atoms with Crippen molar-refractivity contribution in [3.05, 3.63) is 0 Å². The number of ether oxygens (including phenoxy) is 1. The van der Waals surface area contributed by atoms with Gasteiger partial charge in [0.15, 0.2) is 0 Å². The van der Waals surface area contributed by atoms with Gasteiger partial charge in [-0.15, -0.1) is 0 Å². The monoisotopic (exact) mass is 241 g/mol. The molecule has 1 atom stereocenters. The third-order valence-electron chi connectivity index (χ3n) is 4.08. The van der Waals surface area contributed by atoms with Crippen molar-refractivity contribution < 1.29 is 4.74 Å². The fourth-order valence-electron chi connectivity index (χ4n) is 2.65. The van der Waals surface area contributed by atoms with Gasteiger partial charge in [0.05, 0.1) is 0 Å². The van der Waals surface area contributed by atoms with Gasteiger partial charge < -0.3 is 10.1 Å². The van der Waals surface area contributed by atoms with Gasteiger partial charge in [-0.1, -0.05) is 27.7 Å². The normalized spacial score (nSPS) is 21.7. The van der Waals surface area contributed by atoms with E-state index in [0.717, 1.165) is 31.6 Å². The maximum Gasteiger partial charge on any atom is 0.0468 e. The first-order valence-electron chi connectivity index (χ1n) is 7.34. The molecule has 102 valence electrons. The van der Waals surface area contributed by atoms with Gasteiger partial charge in [-0.2, -0.15) is 0 Å². The van der Waals surface area contributed by atoms with Crippen LogP contribution in [0.3, 0.4) is 0 Å². The smallest absolute Gasteiger partial charge is 0.0468 e. The first-order valence-corrected chi connectivity index (χ1v) is 7.34. The summed E-state index contributed by atoms with van der Waals surface area (Å²) in [5.74, 6) is 1.63. The van der Waals surface area contributed by atoms with Gasteiger partial charge >= 0.3 is 0 Å². The van der Waals surface area contributed by atoms with Gasteiger partial charge in [0.2, 0.25) is 0 Å². The lowest BCUT2D eigenvalue weighted by atomic mass is 9.76. The van der Waals surface area contributed by atoms with Crippen LogP contribution >= 0.6 is 0 Å². The van der Waals surface area contributed by atoms with Crippen LogP contribution in [0.1, 0.15) is 53.4 Å². The van der Waals surface area contributed by atoms with Crippen molar-refractivity contribution in [3.8, 4) is 0 Å². The van der Waals surface area contributed by atoms with E-state index in [-0.39, 0.29) is 0 Å². The molecule has 0 aliphatic carbocycles. The molecular formula is C15H31NO. The predicted molar refractivity (Wildman–Crippen MR) is 74.3 cm³/mol. The third kappa shape index (κ3) is 5.87. The van der Waals surface area contributed by atoms with E-state index in [2.05, 4.69) is 33.0 Å². The van der Waals surface area contributed by atoms with Crippen LogP contribution in [0.4, 0.5) is 0 Å². The highest BCUT2D eigenvalue weighted by atomic mass is 16.5. The molecular weight excluding hydrogens is 210 g/mol. The molecule has 0 bridgehead atoms. The molecule has 0 aromatic rings. The molecule has 1 heterocycles. The van der Waals surface area contributed by atoms with Gasteiger partial charge in [-0.3, -0.25) is 0 Å². The SMILES string of the molecule is CCC(C)(CNCC(C)C)CC1CCOCC1. The van der Waals surface area contributed by atoms with E-state index < -0.39 is 0 Å². The van der Waals surface area contributed by atoms with Crippen LogP contribution in [0.25, 0.3) is 0 Å². The highest BCUT2D eigenvalue weighted by Gasteiger charge is 2.27. The summed E-state index contributed by atoms with van der Waals surface area (Å²) in [6, 6.07) is 0. The lowest BCUT2D eigenvalue weighted by Gasteiger charge is -2.34. The average Bonchev–Trinajstić information content (AvgIpc) is 2.30. The molecule has 1 rings (SSSR count). The Kier molecular flexibility index (Phi) is 6.50. The predicted octanol–water partition coefficient (Wildman–Crippen LogP) is 3.47. The fraction of sp³-hybridized carbons (Fsp3) is 1.00. The van der Waals surface area contributed by atoms with Crippen LogP contribution in [-0.2, 0) is 4.74 Å². The Morgan fingerprint density at radius 2 is 1.94 bits per heavy atom. The maximum atomic E-state index is 5.44. The number of nitrogens with one attached hydrogen (secondary N) is 1. The van der Waals surface area contributed by atoms with Crippen molar-refractivity contribution >= 4 is 0 Å². The van der Waals surface area contributed by atoms with Crippen molar-refractivity contribution in [2.24, 2.45) is 17.3 Å². The zero-order chi connectivity index (χ0) is 12.7. The van der Waals surface area contributed by atoms with Crippen LogP contribution in [0, 0.1) is 17.3 Å². The fourth-order valence-corrected chi connectivity index (χ4v) is 2.65. The Morgan fingerprint density at radius 1 is 1.29 bits per heavy atom. The Morgan fingerprint density at radius 3 is 2.47 bits per heavy atom. The minimum Gasteiger partial charge on any atom is -0.381 e. The van der Waals surface area contributed by atoms with E-state index >= 15 is 0 Å². The summed E-state index contributed by atoms with van der Waals surface area (Å²) in [6.07, 6.45) is 5.16. The molecule has 2 nitrogen and oxygen atoms in total. The largest absolute Gasteiger partial charge is 0.381 e. The Balaban J connectivity index is 2.32. The van der Waals surface area contributed by atoms with Gasteiger partial charge in [0, 0.05) is 19.8 Å². The molecule has 1 aliphatic rings. The van der Waals surface area contributed by atoms with Gasteiger partial charge in [-0.25, -0.2) is 0 Å². The summed E-state index contributed by atoms with van der Waals surface area (Å²) in [4.78, 5) is 0. The molecule has 0 aromatic carbocycles. The van der Waals surface area contributed by atoms with Crippen molar-refractivity contribution in [1.82, 2.24) is 5.32 Å². The van der Waals surface area contributed by atoms with E-state index in [1.165, 1.54) is 32.2 Å². The molecule has 17 heavy (non-hydrogen) atoms. The van der Waals surface area contributed by atoms with E-state index in [1.54, 1.807) is 0 Å². The van der Waals surface area contributed by atoms with E-state index in [4.69, 9.17) is 4.74 Å². The third-order valence-corrected chi connectivity index (χ3v) is 4.08. The highest BCUT2D eigenvalue weighted by molar-refractivity contribution is 4.80. The molecule has 2 heteroatoms. The second-order valence-corrected chi connectivity index (χ2v) is 6.45. The summed E-state index contributed by atoms with van der Waals surface area (Å²) in [5.41, 5.74) is 0.469. The zero-order valence-electron chi connectivity index (χ0n) is 12.2. The van der Waals surface area contributed by atoms with Crippen LogP contribution in [-0.4, -0.2) is 26.3 Å². The molecule has 1 saturated heterocycles. The summed E-state index contributed by atoms with van der Waals surface area (Å²) in [5, 5.41) is 3.63. The minimum absolute atomic E-state index is 0.469. The Hall–Kier alpha value is -0.0800. The Labute approximate surface area is 108 Å². The number of hydrogen-bond acceptors (Lipinski definition) is 2. The first-order chi connectivity index (χ1) is 8.06. The standard InChI is InChI=1S/C15H31NO/c1-5-15(4,12-16-11-13(2)3)10-14-6-8-17-9-7-14/h13-14,16H,5-12H2,1-4H3. The Bertz CT molecular complexity index is 199. The average molecular weight is 241 g/mol. The molecule has 0 spiro atoms. The van der Waals surface area contributed by atoms with E-state index in [1.807, 2.05) is 0 Å².